The van der Waals surface area contributed by atoms with Gasteiger partial charge < -0.3 is 31.3 Å². The maximum atomic E-state index is 12.3. The van der Waals surface area contributed by atoms with Gasteiger partial charge in [0.1, 0.15) is 22.9 Å². The van der Waals surface area contributed by atoms with Gasteiger partial charge in [-0.25, -0.2) is 17.4 Å². The molecule has 7 N–H and O–H groups in total. The summed E-state index contributed by atoms with van der Waals surface area (Å²) in [6, 6.07) is 18.2. The first-order valence-electron chi connectivity index (χ1n) is 12.7. The number of hydrogen-bond donors (Lipinski definition) is 7. The van der Waals surface area contributed by atoms with Gasteiger partial charge in [-0.2, -0.15) is 8.42 Å². The van der Waals surface area contributed by atoms with Crippen molar-refractivity contribution < 1.29 is 62.8 Å². The minimum absolute atomic E-state index is 0. The topological polar surface area (TPSA) is 236 Å². The molecule has 15 nitrogen and oxygen atoms in total. The Morgan fingerprint density at radius 1 is 0.756 bits per heavy atom. The Bertz CT molecular complexity index is 1940. The van der Waals surface area contributed by atoms with E-state index in [1.807, 2.05) is 0 Å². The molecule has 0 aliphatic rings. The van der Waals surface area contributed by atoms with Crippen LogP contribution in [0.2, 0.25) is 0 Å². The van der Waals surface area contributed by atoms with Crippen molar-refractivity contribution in [3.05, 3.63) is 72.8 Å². The molecule has 0 spiro atoms. The summed E-state index contributed by atoms with van der Waals surface area (Å²) in [5.41, 5.74) is 1.01. The molecule has 0 unspecified atom stereocenters. The van der Waals surface area contributed by atoms with E-state index in [9.17, 15) is 36.9 Å². The van der Waals surface area contributed by atoms with Crippen molar-refractivity contribution in [2.45, 2.75) is 0 Å². The predicted octanol–water partition coefficient (Wildman–Crippen LogP) is 4.47. The molecule has 0 aliphatic carbocycles. The zero-order chi connectivity index (χ0) is 31.9. The first-order valence-corrected chi connectivity index (χ1v) is 15.9. The number of hydrogen-bond acceptors (Lipinski definition) is 12. The van der Waals surface area contributed by atoms with E-state index < -0.39 is 50.1 Å². The van der Waals surface area contributed by atoms with Crippen LogP contribution in [0, 0.1) is 0 Å². The standard InChI is InChI=1S/C27H27N5O10S2.Cu/c33-23-10-3-5-18-17(23)11-12-20(29-19-6-1-2-9-24(19)34)25(18)32-31-22-8-4-7-21(26(22)35)30-27(36)28-13-15-43(37,38)16-14-42-44(39,40)41;/h1-12,29,33-35H,13-16H2,(H2,28,30,36)(H,39,40,41);. The van der Waals surface area contributed by atoms with E-state index in [1.165, 1.54) is 30.3 Å². The molecule has 0 heterocycles. The summed E-state index contributed by atoms with van der Waals surface area (Å²) in [5.74, 6) is -1.70. The summed E-state index contributed by atoms with van der Waals surface area (Å²) >= 11 is 0. The molecule has 18 heteroatoms. The summed E-state index contributed by atoms with van der Waals surface area (Å²) in [5, 5.41) is 48.6. The van der Waals surface area contributed by atoms with Crippen LogP contribution in [0.25, 0.3) is 10.8 Å². The molecule has 45 heavy (non-hydrogen) atoms. The summed E-state index contributed by atoms with van der Waals surface area (Å²) < 4.78 is 57.5. The number of phenols is 3. The number of carbonyl (C=O) groups is 1. The van der Waals surface area contributed by atoms with Crippen molar-refractivity contribution in [1.29, 1.82) is 0 Å². The largest absolute Gasteiger partial charge is 0.507 e. The quantitative estimate of drug-likeness (QED) is 0.0469. The normalized spacial score (nSPS) is 11.7. The average molecular weight is 709 g/mol. The van der Waals surface area contributed by atoms with Crippen LogP contribution >= 0.6 is 0 Å². The smallest absolute Gasteiger partial charge is 0.397 e. The SMILES string of the molecule is O=C(NCCS(=O)(=O)CCOS(=O)(=O)O)Nc1cccc(N=Nc2c(Nc3ccccc3O)ccc3c(O)cccc23)c1O.[Cu]. The van der Waals surface area contributed by atoms with Gasteiger partial charge >= 0.3 is 16.4 Å². The van der Waals surface area contributed by atoms with E-state index in [-0.39, 0.29) is 52.2 Å². The molecular weight excluding hydrogens is 682 g/mol. The van der Waals surface area contributed by atoms with Crippen LogP contribution < -0.4 is 16.0 Å². The molecule has 0 bridgehead atoms. The van der Waals surface area contributed by atoms with Gasteiger partial charge in [-0.05, 0) is 42.5 Å². The Labute approximate surface area is 268 Å². The number of para-hydroxylation sites is 3. The second-order valence-electron chi connectivity index (χ2n) is 9.13. The fourth-order valence-electron chi connectivity index (χ4n) is 3.93. The Morgan fingerprint density at radius 2 is 1.44 bits per heavy atom. The second-order valence-corrected chi connectivity index (χ2v) is 12.5. The minimum atomic E-state index is -4.78. The first kappa shape index (κ1) is 35.0. The zero-order valence-electron chi connectivity index (χ0n) is 23.0. The fourth-order valence-corrected chi connectivity index (χ4v) is 5.28. The minimum Gasteiger partial charge on any atom is -0.507 e. The summed E-state index contributed by atoms with van der Waals surface area (Å²) in [6.07, 6.45) is 0. The van der Waals surface area contributed by atoms with Gasteiger partial charge in [-0.3, -0.25) is 4.55 Å². The third-order valence-electron chi connectivity index (χ3n) is 6.03. The Balaban J connectivity index is 0.00000552. The number of fused-ring (bicyclic) bond motifs is 1. The van der Waals surface area contributed by atoms with Gasteiger partial charge in [-0.1, -0.05) is 30.3 Å². The monoisotopic (exact) mass is 708 g/mol. The van der Waals surface area contributed by atoms with Crippen molar-refractivity contribution in [2.75, 3.05) is 35.3 Å². The third-order valence-corrected chi connectivity index (χ3v) is 8.11. The fraction of sp³-hybridized carbons (Fsp3) is 0.148. The van der Waals surface area contributed by atoms with Gasteiger partial charge in [-0.15, -0.1) is 10.2 Å². The van der Waals surface area contributed by atoms with Gasteiger partial charge in [0, 0.05) is 34.4 Å². The van der Waals surface area contributed by atoms with Crippen LogP contribution in [0.5, 0.6) is 17.2 Å². The number of carbonyl (C=O) groups excluding carboxylic acids is 1. The van der Waals surface area contributed by atoms with Crippen molar-refractivity contribution >= 4 is 65.5 Å². The van der Waals surface area contributed by atoms with E-state index in [1.54, 1.807) is 42.5 Å². The van der Waals surface area contributed by atoms with E-state index in [4.69, 9.17) is 4.55 Å². The molecule has 0 saturated carbocycles. The number of urea groups is 1. The summed E-state index contributed by atoms with van der Waals surface area (Å²) in [6.45, 7) is -1.13. The molecule has 0 atom stereocenters. The molecule has 4 rings (SSSR count). The number of nitrogens with one attached hydrogen (secondary N) is 3. The van der Waals surface area contributed by atoms with Gasteiger partial charge in [0.2, 0.25) is 0 Å². The van der Waals surface area contributed by atoms with Crippen LogP contribution in [-0.2, 0) is 41.5 Å². The number of aromatic hydroxyl groups is 3. The van der Waals surface area contributed by atoms with E-state index in [0.29, 0.717) is 22.1 Å². The van der Waals surface area contributed by atoms with E-state index >= 15 is 0 Å². The van der Waals surface area contributed by atoms with Gasteiger partial charge in [0.05, 0.1) is 35.2 Å². The third kappa shape index (κ3) is 9.77. The molecule has 4 aromatic rings. The molecule has 4 aromatic carbocycles. The van der Waals surface area contributed by atoms with Crippen LogP contribution in [0.4, 0.5) is 33.2 Å². The number of phenolic OH excluding ortho intramolecular Hbond substituents is 3. The number of rotatable bonds is 12. The van der Waals surface area contributed by atoms with Gasteiger partial charge in [0.25, 0.3) is 0 Å². The number of benzene rings is 4. The second kappa shape index (κ2) is 15.0. The first-order chi connectivity index (χ1) is 20.8. The molecule has 0 aromatic heterocycles. The van der Waals surface area contributed by atoms with Crippen molar-refractivity contribution in [3.8, 4) is 17.2 Å². The molecule has 0 fully saturated rings. The molecule has 1 radical (unpaired) electrons. The predicted molar refractivity (Wildman–Crippen MR) is 162 cm³/mol. The number of nitrogens with zero attached hydrogens (tertiary/aromatic N) is 2. The van der Waals surface area contributed by atoms with Crippen LogP contribution in [0.15, 0.2) is 83.0 Å². The Morgan fingerprint density at radius 3 is 2.18 bits per heavy atom. The molecular formula is C27H27CuN5O10S2. The zero-order valence-corrected chi connectivity index (χ0v) is 25.6. The van der Waals surface area contributed by atoms with E-state index in [0.717, 1.165) is 0 Å². The molecule has 243 valence electrons. The Hall–Kier alpha value is -4.45. The number of sulfone groups is 1. The number of amides is 2. The number of azo groups is 1. The summed E-state index contributed by atoms with van der Waals surface area (Å²) in [4.78, 5) is 12.3. The Kier molecular flexibility index (Phi) is 11.7. The molecule has 0 aliphatic heterocycles. The van der Waals surface area contributed by atoms with Crippen LogP contribution in [-0.4, -0.2) is 67.4 Å². The van der Waals surface area contributed by atoms with Crippen molar-refractivity contribution in [1.82, 2.24) is 5.32 Å². The van der Waals surface area contributed by atoms with Gasteiger partial charge in [0.15, 0.2) is 15.6 Å². The molecule has 0 saturated heterocycles. The summed E-state index contributed by atoms with van der Waals surface area (Å²) in [7, 11) is -8.60. The van der Waals surface area contributed by atoms with Crippen molar-refractivity contribution in [2.24, 2.45) is 10.2 Å². The van der Waals surface area contributed by atoms with Crippen molar-refractivity contribution in [3.63, 3.8) is 0 Å². The molecule has 2 amide bonds. The van der Waals surface area contributed by atoms with E-state index in [2.05, 4.69) is 30.4 Å². The average Bonchev–Trinajstić information content (AvgIpc) is 2.94. The maximum absolute atomic E-state index is 12.3. The maximum Gasteiger partial charge on any atom is 0.397 e. The van der Waals surface area contributed by atoms with Crippen LogP contribution in [0.3, 0.4) is 0 Å². The number of anilines is 3. The van der Waals surface area contributed by atoms with Crippen LogP contribution in [0.1, 0.15) is 0 Å².